The van der Waals surface area contributed by atoms with Gasteiger partial charge >= 0.3 is 0 Å². The Labute approximate surface area is 168 Å². The number of nitrogens with zero attached hydrogens (tertiary/aromatic N) is 4. The number of hydrogen-bond acceptors (Lipinski definition) is 3. The van der Waals surface area contributed by atoms with Crippen LogP contribution in [0.1, 0.15) is 22.5 Å². The Kier molecular flexibility index (Phi) is 4.92. The molecule has 4 aromatic rings. The first-order chi connectivity index (χ1) is 13.7. The summed E-state index contributed by atoms with van der Waals surface area (Å²) < 4.78 is 1.78. The van der Waals surface area contributed by atoms with Crippen LogP contribution >= 0.6 is 11.6 Å². The maximum atomic E-state index is 9.55. The molecule has 0 saturated carbocycles. The van der Waals surface area contributed by atoms with Crippen molar-refractivity contribution in [1.29, 1.82) is 5.26 Å². The predicted molar refractivity (Wildman–Crippen MR) is 113 cm³/mol. The van der Waals surface area contributed by atoms with Gasteiger partial charge in [-0.1, -0.05) is 60.1 Å². The number of pyridine rings is 1. The molecule has 0 amide bonds. The first-order valence-electron chi connectivity index (χ1n) is 8.90. The van der Waals surface area contributed by atoms with Gasteiger partial charge in [0.2, 0.25) is 0 Å². The summed E-state index contributed by atoms with van der Waals surface area (Å²) in [4.78, 5) is 4.25. The van der Waals surface area contributed by atoms with Gasteiger partial charge in [-0.05, 0) is 41.5 Å². The zero-order chi connectivity index (χ0) is 19.5. The van der Waals surface area contributed by atoms with E-state index in [0.29, 0.717) is 23.0 Å². The molecule has 0 atom stereocenters. The van der Waals surface area contributed by atoms with E-state index in [1.807, 2.05) is 37.3 Å². The molecule has 4 nitrogen and oxygen atoms in total. The highest BCUT2D eigenvalue weighted by atomic mass is 35.5. The van der Waals surface area contributed by atoms with Crippen LogP contribution in [0.4, 0.5) is 0 Å². The highest BCUT2D eigenvalue weighted by Gasteiger charge is 2.14. The molecular weight excluding hydrogens is 368 g/mol. The summed E-state index contributed by atoms with van der Waals surface area (Å²) in [6.45, 7) is 2.45. The molecule has 2 aromatic heterocycles. The van der Waals surface area contributed by atoms with Crippen molar-refractivity contribution in [1.82, 2.24) is 14.8 Å². The zero-order valence-corrected chi connectivity index (χ0v) is 16.1. The van der Waals surface area contributed by atoms with Crippen molar-refractivity contribution in [3.05, 3.63) is 94.5 Å². The van der Waals surface area contributed by atoms with Crippen LogP contribution in [0, 0.1) is 18.3 Å². The second-order valence-corrected chi connectivity index (χ2v) is 6.83. The molecule has 0 spiro atoms. The molecule has 2 aromatic carbocycles. The number of rotatable bonds is 4. The van der Waals surface area contributed by atoms with Crippen LogP contribution in [0.2, 0.25) is 5.15 Å². The topological polar surface area (TPSA) is 54.5 Å². The molecule has 5 heteroatoms. The molecule has 2 heterocycles. The lowest BCUT2D eigenvalue weighted by Crippen LogP contribution is -2.02. The lowest BCUT2D eigenvalue weighted by molar-refractivity contribution is 0.683. The number of fused-ring (bicyclic) bond motifs is 1. The van der Waals surface area contributed by atoms with E-state index >= 15 is 0 Å². The molecular formula is C23H17ClN4. The average Bonchev–Trinajstić information content (AvgIpc) is 3.00. The Balaban J connectivity index is 1.74. The molecule has 0 bridgehead atoms. The van der Waals surface area contributed by atoms with Crippen molar-refractivity contribution in [2.45, 2.75) is 13.5 Å². The summed E-state index contributed by atoms with van der Waals surface area (Å²) in [7, 11) is 0. The van der Waals surface area contributed by atoms with Crippen LogP contribution in [0.3, 0.4) is 0 Å². The van der Waals surface area contributed by atoms with Gasteiger partial charge in [0.05, 0.1) is 23.5 Å². The van der Waals surface area contributed by atoms with Crippen molar-refractivity contribution in [2.75, 3.05) is 0 Å². The van der Waals surface area contributed by atoms with E-state index in [9.17, 15) is 5.26 Å². The van der Waals surface area contributed by atoms with Gasteiger partial charge in [-0.25, -0.2) is 4.68 Å². The van der Waals surface area contributed by atoms with Crippen LogP contribution in [0.15, 0.2) is 66.9 Å². The summed E-state index contributed by atoms with van der Waals surface area (Å²) >= 11 is 6.65. The fourth-order valence-electron chi connectivity index (χ4n) is 3.26. The molecule has 0 aliphatic carbocycles. The van der Waals surface area contributed by atoms with Crippen LogP contribution in [-0.2, 0) is 6.54 Å². The van der Waals surface area contributed by atoms with E-state index in [2.05, 4.69) is 40.4 Å². The third-order valence-electron chi connectivity index (χ3n) is 4.66. The van der Waals surface area contributed by atoms with E-state index in [1.54, 1.807) is 23.0 Å². The lowest BCUT2D eigenvalue weighted by Gasteiger charge is -2.08. The molecule has 28 heavy (non-hydrogen) atoms. The number of nitriles is 1. The highest BCUT2D eigenvalue weighted by Crippen LogP contribution is 2.27. The van der Waals surface area contributed by atoms with Gasteiger partial charge in [0.1, 0.15) is 11.2 Å². The number of allylic oxidation sites excluding steroid dienone is 1. The molecule has 0 unspecified atom stereocenters. The predicted octanol–water partition coefficient (Wildman–Crippen LogP) is 5.51. The van der Waals surface area contributed by atoms with Crippen molar-refractivity contribution in [3.63, 3.8) is 0 Å². The van der Waals surface area contributed by atoms with Crippen molar-refractivity contribution in [2.24, 2.45) is 0 Å². The fraction of sp³-hybridized carbons (Fsp3) is 0.0870. The van der Waals surface area contributed by atoms with Gasteiger partial charge in [0, 0.05) is 11.8 Å². The number of halogens is 1. The van der Waals surface area contributed by atoms with Crippen LogP contribution in [0.25, 0.3) is 22.4 Å². The van der Waals surface area contributed by atoms with Crippen molar-refractivity contribution in [3.8, 4) is 6.07 Å². The largest absolute Gasteiger partial charge is 0.256 e. The average molecular weight is 385 g/mol. The van der Waals surface area contributed by atoms with Gasteiger partial charge in [0.15, 0.2) is 0 Å². The van der Waals surface area contributed by atoms with Crippen molar-refractivity contribution < 1.29 is 0 Å². The quantitative estimate of drug-likeness (QED) is 0.436. The third-order valence-corrected chi connectivity index (χ3v) is 5.06. The monoisotopic (exact) mass is 384 g/mol. The van der Waals surface area contributed by atoms with Crippen LogP contribution in [-0.4, -0.2) is 14.8 Å². The molecule has 0 fully saturated rings. The Bertz CT molecular complexity index is 1210. The summed E-state index contributed by atoms with van der Waals surface area (Å²) in [5, 5.41) is 17.0. The molecule has 0 radical (unpaired) electrons. The van der Waals surface area contributed by atoms with E-state index in [4.69, 9.17) is 11.6 Å². The van der Waals surface area contributed by atoms with E-state index in [0.717, 1.165) is 16.8 Å². The Morgan fingerprint density at radius 2 is 1.89 bits per heavy atom. The summed E-state index contributed by atoms with van der Waals surface area (Å²) in [6.07, 6.45) is 3.42. The normalized spacial score (nSPS) is 11.5. The summed E-state index contributed by atoms with van der Waals surface area (Å²) in [6, 6.07) is 22.2. The second kappa shape index (κ2) is 7.67. The van der Waals surface area contributed by atoms with E-state index in [1.165, 1.54) is 10.8 Å². The second-order valence-electron chi connectivity index (χ2n) is 6.47. The van der Waals surface area contributed by atoms with Gasteiger partial charge in [-0.2, -0.15) is 10.4 Å². The van der Waals surface area contributed by atoms with E-state index in [-0.39, 0.29) is 0 Å². The van der Waals surface area contributed by atoms with Crippen LogP contribution in [0.5, 0.6) is 0 Å². The van der Waals surface area contributed by atoms with Crippen molar-refractivity contribution >= 4 is 34.0 Å². The lowest BCUT2D eigenvalue weighted by atomic mass is 10.0. The summed E-state index contributed by atoms with van der Waals surface area (Å²) in [5.41, 5.74) is 3.72. The number of aryl methyl sites for hydroxylation is 1. The highest BCUT2D eigenvalue weighted by molar-refractivity contribution is 6.31. The standard InChI is InChI=1S/C23H17ClN4/c1-16-21(13-19(14-25)22-11-4-5-12-26-22)23(24)28(27-16)15-18-9-6-8-17-7-2-3-10-20(17)18/h2-13H,15H2,1H3. The Morgan fingerprint density at radius 1 is 1.11 bits per heavy atom. The minimum absolute atomic E-state index is 0.454. The van der Waals surface area contributed by atoms with Gasteiger partial charge in [-0.15, -0.1) is 0 Å². The summed E-state index contributed by atoms with van der Waals surface area (Å²) in [5.74, 6) is 0. The van der Waals surface area contributed by atoms with Gasteiger partial charge < -0.3 is 0 Å². The SMILES string of the molecule is Cc1nn(Cc2cccc3ccccc23)c(Cl)c1C=C(C#N)c1ccccn1. The van der Waals surface area contributed by atoms with Gasteiger partial charge in [-0.3, -0.25) is 4.98 Å². The minimum Gasteiger partial charge on any atom is -0.256 e. The molecule has 0 saturated heterocycles. The van der Waals surface area contributed by atoms with E-state index < -0.39 is 0 Å². The minimum atomic E-state index is 0.454. The maximum absolute atomic E-state index is 9.55. The smallest absolute Gasteiger partial charge is 0.134 e. The first-order valence-corrected chi connectivity index (χ1v) is 9.28. The third kappa shape index (κ3) is 3.40. The van der Waals surface area contributed by atoms with Gasteiger partial charge in [0.25, 0.3) is 0 Å². The Morgan fingerprint density at radius 3 is 2.68 bits per heavy atom. The maximum Gasteiger partial charge on any atom is 0.134 e. The first kappa shape index (κ1) is 18.0. The molecule has 0 N–H and O–H groups in total. The molecule has 4 rings (SSSR count). The molecule has 136 valence electrons. The fourth-order valence-corrected chi connectivity index (χ4v) is 3.55. The number of hydrogen-bond donors (Lipinski definition) is 0. The van der Waals surface area contributed by atoms with Crippen LogP contribution < -0.4 is 0 Å². The number of aromatic nitrogens is 3. The molecule has 0 aliphatic rings. The number of benzene rings is 2. The molecule has 0 aliphatic heterocycles. The Hall–Kier alpha value is -3.42. The zero-order valence-electron chi connectivity index (χ0n) is 15.3.